The molecule has 3 rings (SSSR count). The van der Waals surface area contributed by atoms with Gasteiger partial charge in [0.15, 0.2) is 11.5 Å². The minimum absolute atomic E-state index is 0.0285. The van der Waals surface area contributed by atoms with Gasteiger partial charge in [-0.15, -0.1) is 0 Å². The highest BCUT2D eigenvalue weighted by Crippen LogP contribution is 2.33. The number of phenolic OH excluding ortho intramolecular Hbond substituents is 2. The lowest BCUT2D eigenvalue weighted by Crippen LogP contribution is -2.36. The average Bonchev–Trinajstić information content (AvgIpc) is 3.14. The molecular weight excluding hydrogens is 354 g/mol. The molecule has 2 saturated heterocycles. The van der Waals surface area contributed by atoms with E-state index in [1.54, 1.807) is 6.07 Å². The molecule has 3 amide bonds. The summed E-state index contributed by atoms with van der Waals surface area (Å²) in [6.07, 6.45) is 3.91. The number of benzene rings is 1. The summed E-state index contributed by atoms with van der Waals surface area (Å²) in [5.74, 6) is 0.703. The molecule has 0 radical (unpaired) electrons. The standard InChI is InChI=1S/C18H25N3O4S/c22-13-6-5-11(9-14(13)23)7-8-19-16(24)4-2-1-3-15-17-12(10-26-15)20-18(25)21-17/h5-6,9,12,15,17,22-23H,1-4,7-8,10H2,(H,19,24)(H2,20,21,25)/t12-,15-,17-/m0/s1. The summed E-state index contributed by atoms with van der Waals surface area (Å²) in [6, 6.07) is 5.09. The van der Waals surface area contributed by atoms with Gasteiger partial charge in [-0.2, -0.15) is 11.8 Å². The monoisotopic (exact) mass is 379 g/mol. The van der Waals surface area contributed by atoms with E-state index in [-0.39, 0.29) is 35.5 Å². The molecular formula is C18H25N3O4S. The van der Waals surface area contributed by atoms with Crippen LogP contribution in [0.1, 0.15) is 31.2 Å². The molecule has 1 aromatic carbocycles. The molecule has 2 heterocycles. The number of amides is 3. The fourth-order valence-corrected chi connectivity index (χ4v) is 4.98. The maximum atomic E-state index is 11.9. The van der Waals surface area contributed by atoms with Crippen LogP contribution in [0.25, 0.3) is 0 Å². The smallest absolute Gasteiger partial charge is 0.315 e. The van der Waals surface area contributed by atoms with Crippen molar-refractivity contribution >= 4 is 23.7 Å². The Morgan fingerprint density at radius 2 is 2.08 bits per heavy atom. The second-order valence-electron chi connectivity index (χ2n) is 6.79. The number of carbonyl (C=O) groups is 2. The highest BCUT2D eigenvalue weighted by atomic mass is 32.2. The Balaban J connectivity index is 1.27. The Morgan fingerprint density at radius 1 is 1.23 bits per heavy atom. The number of thioether (sulfide) groups is 1. The Bertz CT molecular complexity index is 670. The third kappa shape index (κ3) is 4.75. The molecule has 7 nitrogen and oxygen atoms in total. The molecule has 2 aliphatic heterocycles. The SMILES string of the molecule is O=C(CCCC[C@@H]1SC[C@@H]2NC(=O)N[C@@H]21)NCCc1ccc(O)c(O)c1. The highest BCUT2D eigenvalue weighted by Gasteiger charge is 2.42. The second kappa shape index (κ2) is 8.53. The van der Waals surface area contributed by atoms with Gasteiger partial charge in [-0.1, -0.05) is 12.5 Å². The fourth-order valence-electron chi connectivity index (χ4n) is 3.43. The van der Waals surface area contributed by atoms with Gasteiger partial charge in [0.05, 0.1) is 12.1 Å². The zero-order valence-corrected chi connectivity index (χ0v) is 15.3. The summed E-state index contributed by atoms with van der Waals surface area (Å²) in [4.78, 5) is 23.3. The molecule has 5 N–H and O–H groups in total. The summed E-state index contributed by atoms with van der Waals surface area (Å²) in [6.45, 7) is 0.503. The highest BCUT2D eigenvalue weighted by molar-refractivity contribution is 8.00. The number of fused-ring (bicyclic) bond motifs is 1. The van der Waals surface area contributed by atoms with E-state index in [1.807, 2.05) is 11.8 Å². The number of hydrogen-bond donors (Lipinski definition) is 5. The summed E-state index contributed by atoms with van der Waals surface area (Å²) in [7, 11) is 0. The van der Waals surface area contributed by atoms with Gasteiger partial charge in [0.1, 0.15) is 0 Å². The van der Waals surface area contributed by atoms with Crippen LogP contribution in [0.4, 0.5) is 4.79 Å². The van der Waals surface area contributed by atoms with E-state index < -0.39 is 0 Å². The van der Waals surface area contributed by atoms with Crippen LogP contribution in [-0.2, 0) is 11.2 Å². The van der Waals surface area contributed by atoms with E-state index in [9.17, 15) is 19.8 Å². The van der Waals surface area contributed by atoms with E-state index in [4.69, 9.17) is 0 Å². The minimum atomic E-state index is -0.144. The van der Waals surface area contributed by atoms with Gasteiger partial charge in [0.2, 0.25) is 5.91 Å². The van der Waals surface area contributed by atoms with Crippen molar-refractivity contribution < 1.29 is 19.8 Å². The molecule has 142 valence electrons. The van der Waals surface area contributed by atoms with Gasteiger partial charge < -0.3 is 26.2 Å². The molecule has 0 bridgehead atoms. The third-order valence-electron chi connectivity index (χ3n) is 4.86. The number of aromatic hydroxyl groups is 2. The van der Waals surface area contributed by atoms with Crippen LogP contribution in [0.2, 0.25) is 0 Å². The zero-order valence-electron chi connectivity index (χ0n) is 14.5. The van der Waals surface area contributed by atoms with Crippen LogP contribution in [0, 0.1) is 0 Å². The molecule has 3 atom stereocenters. The number of phenols is 2. The molecule has 0 saturated carbocycles. The molecule has 8 heteroatoms. The first-order valence-electron chi connectivity index (χ1n) is 8.99. The van der Waals surface area contributed by atoms with Crippen molar-refractivity contribution in [1.29, 1.82) is 0 Å². The van der Waals surface area contributed by atoms with E-state index in [2.05, 4.69) is 16.0 Å². The molecule has 1 aromatic rings. The van der Waals surface area contributed by atoms with Gasteiger partial charge >= 0.3 is 6.03 Å². The van der Waals surface area contributed by atoms with Crippen molar-refractivity contribution in [2.24, 2.45) is 0 Å². The van der Waals surface area contributed by atoms with Gasteiger partial charge in [0.25, 0.3) is 0 Å². The number of unbranched alkanes of at least 4 members (excludes halogenated alkanes) is 1. The number of hydrogen-bond acceptors (Lipinski definition) is 5. The topological polar surface area (TPSA) is 111 Å². The van der Waals surface area contributed by atoms with Crippen LogP contribution in [0.5, 0.6) is 11.5 Å². The summed E-state index contributed by atoms with van der Waals surface area (Å²) < 4.78 is 0. The largest absolute Gasteiger partial charge is 0.504 e. The van der Waals surface area contributed by atoms with Crippen LogP contribution < -0.4 is 16.0 Å². The lowest BCUT2D eigenvalue weighted by atomic mass is 10.0. The quantitative estimate of drug-likeness (QED) is 0.267. The predicted octanol–water partition coefficient (Wildman–Crippen LogP) is 1.48. The Morgan fingerprint density at radius 3 is 2.88 bits per heavy atom. The van der Waals surface area contributed by atoms with Crippen molar-refractivity contribution in [3.05, 3.63) is 23.8 Å². The second-order valence-corrected chi connectivity index (χ2v) is 8.06. The van der Waals surface area contributed by atoms with E-state index >= 15 is 0 Å². The lowest BCUT2D eigenvalue weighted by molar-refractivity contribution is -0.121. The van der Waals surface area contributed by atoms with Gasteiger partial charge in [0, 0.05) is 24.0 Å². The first-order chi connectivity index (χ1) is 12.5. The van der Waals surface area contributed by atoms with Crippen LogP contribution in [0.15, 0.2) is 18.2 Å². The summed E-state index contributed by atoms with van der Waals surface area (Å²) >= 11 is 1.89. The molecule has 0 aliphatic carbocycles. The molecule has 2 aliphatic rings. The third-order valence-corrected chi connectivity index (χ3v) is 6.36. The zero-order chi connectivity index (χ0) is 18.5. The van der Waals surface area contributed by atoms with Crippen molar-refractivity contribution in [2.45, 2.75) is 49.4 Å². The average molecular weight is 379 g/mol. The molecule has 0 unspecified atom stereocenters. The molecule has 0 spiro atoms. The molecule has 2 fully saturated rings. The first kappa shape index (κ1) is 18.7. The van der Waals surface area contributed by atoms with E-state index in [1.165, 1.54) is 12.1 Å². The number of nitrogens with one attached hydrogen (secondary N) is 3. The van der Waals surface area contributed by atoms with Crippen molar-refractivity contribution in [1.82, 2.24) is 16.0 Å². The Kier molecular flexibility index (Phi) is 6.13. The van der Waals surface area contributed by atoms with Crippen molar-refractivity contribution in [2.75, 3.05) is 12.3 Å². The summed E-state index contributed by atoms with van der Waals surface area (Å²) in [5.41, 5.74) is 0.862. The number of rotatable bonds is 8. The summed E-state index contributed by atoms with van der Waals surface area (Å²) in [5, 5.41) is 28.0. The maximum Gasteiger partial charge on any atom is 0.315 e. The minimum Gasteiger partial charge on any atom is -0.504 e. The first-order valence-corrected chi connectivity index (χ1v) is 10.0. The van der Waals surface area contributed by atoms with Crippen molar-refractivity contribution in [3.8, 4) is 11.5 Å². The van der Waals surface area contributed by atoms with Crippen LogP contribution in [-0.4, -0.2) is 51.8 Å². The van der Waals surface area contributed by atoms with Gasteiger partial charge in [-0.25, -0.2) is 4.79 Å². The van der Waals surface area contributed by atoms with Crippen LogP contribution >= 0.6 is 11.8 Å². The fraction of sp³-hybridized carbons (Fsp3) is 0.556. The Hall–Kier alpha value is -2.09. The van der Waals surface area contributed by atoms with E-state index in [0.717, 1.165) is 30.6 Å². The van der Waals surface area contributed by atoms with E-state index in [0.29, 0.717) is 24.6 Å². The molecule has 26 heavy (non-hydrogen) atoms. The predicted molar refractivity (Wildman–Crippen MR) is 100 cm³/mol. The van der Waals surface area contributed by atoms with Crippen molar-refractivity contribution in [3.63, 3.8) is 0 Å². The molecule has 0 aromatic heterocycles. The van der Waals surface area contributed by atoms with Crippen LogP contribution in [0.3, 0.4) is 0 Å². The van der Waals surface area contributed by atoms with Gasteiger partial charge in [-0.05, 0) is 37.0 Å². The number of carbonyl (C=O) groups excluding carboxylic acids is 2. The normalized spacial score (nSPS) is 24.0. The number of urea groups is 1. The van der Waals surface area contributed by atoms with Gasteiger partial charge in [-0.3, -0.25) is 4.79 Å². The maximum absolute atomic E-state index is 11.9. The lowest BCUT2D eigenvalue weighted by Gasteiger charge is -2.16. The Labute approximate surface area is 156 Å².